The van der Waals surface area contributed by atoms with Crippen LogP contribution in [0.15, 0.2) is 24.3 Å². The monoisotopic (exact) mass is 344 g/mol. The Labute approximate surface area is 149 Å². The van der Waals surface area contributed by atoms with Gasteiger partial charge in [-0.1, -0.05) is 19.3 Å². The molecule has 1 aromatic rings. The highest BCUT2D eigenvalue weighted by Gasteiger charge is 2.27. The molecule has 0 aromatic heterocycles. The Bertz CT molecular complexity index is 585. The number of likely N-dealkylation sites (tertiary alicyclic amines) is 1. The smallest absolute Gasteiger partial charge is 0.253 e. The molecule has 1 heterocycles. The first-order valence-electron chi connectivity index (χ1n) is 9.41. The fourth-order valence-corrected chi connectivity index (χ4v) is 3.83. The van der Waals surface area contributed by atoms with E-state index in [1.54, 1.807) is 19.2 Å². The molecule has 1 N–H and O–H groups in total. The summed E-state index contributed by atoms with van der Waals surface area (Å²) in [6, 6.07) is 7.43. The highest BCUT2D eigenvalue weighted by Crippen LogP contribution is 2.24. The summed E-state index contributed by atoms with van der Waals surface area (Å²) >= 11 is 0. The molecule has 0 radical (unpaired) electrons. The number of ether oxygens (including phenoxy) is 1. The summed E-state index contributed by atoms with van der Waals surface area (Å²) in [5, 5.41) is 3.21. The van der Waals surface area contributed by atoms with Gasteiger partial charge in [-0.3, -0.25) is 9.59 Å². The highest BCUT2D eigenvalue weighted by atomic mass is 16.5. The van der Waals surface area contributed by atoms with E-state index in [0.29, 0.717) is 18.7 Å². The summed E-state index contributed by atoms with van der Waals surface area (Å²) in [5.41, 5.74) is 0.686. The van der Waals surface area contributed by atoms with Crippen LogP contribution in [-0.4, -0.2) is 43.0 Å². The molecule has 0 spiro atoms. The maximum atomic E-state index is 12.6. The van der Waals surface area contributed by atoms with Crippen LogP contribution in [-0.2, 0) is 4.79 Å². The standard InChI is InChI=1S/C20H28N2O3/c1-25-18-9-7-16(8-10-18)20(24)22-13-11-17(12-14-22)21-19(23)15-5-3-2-4-6-15/h7-10,15,17H,2-6,11-14H2,1H3,(H,21,23). The molecule has 2 fully saturated rings. The molecule has 0 unspecified atom stereocenters. The minimum Gasteiger partial charge on any atom is -0.497 e. The molecule has 3 rings (SSSR count). The number of carbonyl (C=O) groups excluding carboxylic acids is 2. The molecule has 0 bridgehead atoms. The van der Waals surface area contributed by atoms with Gasteiger partial charge in [0.15, 0.2) is 0 Å². The number of rotatable bonds is 4. The lowest BCUT2D eigenvalue weighted by molar-refractivity contribution is -0.126. The molecule has 1 saturated carbocycles. The number of amides is 2. The van der Waals surface area contributed by atoms with Crippen LogP contribution in [0.4, 0.5) is 0 Å². The van der Waals surface area contributed by atoms with Gasteiger partial charge in [0, 0.05) is 30.6 Å². The van der Waals surface area contributed by atoms with Crippen LogP contribution in [0.1, 0.15) is 55.3 Å². The summed E-state index contributed by atoms with van der Waals surface area (Å²) in [6.07, 6.45) is 7.33. The summed E-state index contributed by atoms with van der Waals surface area (Å²) < 4.78 is 5.13. The van der Waals surface area contributed by atoms with Crippen LogP contribution in [0, 0.1) is 5.92 Å². The Kier molecular flexibility index (Phi) is 5.95. The van der Waals surface area contributed by atoms with Crippen molar-refractivity contribution in [2.24, 2.45) is 5.92 Å². The van der Waals surface area contributed by atoms with Crippen LogP contribution in [0.5, 0.6) is 5.75 Å². The van der Waals surface area contributed by atoms with E-state index in [-0.39, 0.29) is 23.8 Å². The van der Waals surface area contributed by atoms with Gasteiger partial charge in [0.1, 0.15) is 5.75 Å². The maximum absolute atomic E-state index is 12.6. The molecule has 1 aliphatic carbocycles. The van der Waals surface area contributed by atoms with Crippen LogP contribution in [0.3, 0.4) is 0 Å². The number of benzene rings is 1. The fraction of sp³-hybridized carbons (Fsp3) is 0.600. The van der Waals surface area contributed by atoms with Crippen molar-refractivity contribution in [1.82, 2.24) is 10.2 Å². The SMILES string of the molecule is COc1ccc(C(=O)N2CCC(NC(=O)C3CCCCC3)CC2)cc1. The minimum atomic E-state index is 0.0553. The molecule has 1 saturated heterocycles. The van der Waals surface area contributed by atoms with Crippen molar-refractivity contribution in [3.63, 3.8) is 0 Å². The second-order valence-corrected chi connectivity index (χ2v) is 7.14. The summed E-state index contributed by atoms with van der Waals surface area (Å²) in [7, 11) is 1.61. The van der Waals surface area contributed by atoms with Crippen molar-refractivity contribution in [1.29, 1.82) is 0 Å². The van der Waals surface area contributed by atoms with Crippen LogP contribution < -0.4 is 10.1 Å². The number of hydrogen-bond acceptors (Lipinski definition) is 3. The third-order valence-corrected chi connectivity index (χ3v) is 5.44. The Morgan fingerprint density at radius 2 is 1.64 bits per heavy atom. The van der Waals surface area contributed by atoms with Crippen molar-refractivity contribution in [3.05, 3.63) is 29.8 Å². The lowest BCUT2D eigenvalue weighted by Gasteiger charge is -2.33. The van der Waals surface area contributed by atoms with Gasteiger partial charge in [-0.25, -0.2) is 0 Å². The van der Waals surface area contributed by atoms with Gasteiger partial charge in [0.05, 0.1) is 7.11 Å². The summed E-state index contributed by atoms with van der Waals surface area (Å²) in [6.45, 7) is 1.39. The number of carbonyl (C=O) groups is 2. The molecular weight excluding hydrogens is 316 g/mol. The van der Waals surface area contributed by atoms with E-state index in [1.807, 2.05) is 17.0 Å². The Hall–Kier alpha value is -2.04. The predicted octanol–water partition coefficient (Wildman–Crippen LogP) is 3.00. The number of nitrogens with one attached hydrogen (secondary N) is 1. The average Bonchev–Trinajstić information content (AvgIpc) is 2.69. The first-order valence-corrected chi connectivity index (χ1v) is 9.41. The molecule has 2 amide bonds. The molecule has 1 aliphatic heterocycles. The van der Waals surface area contributed by atoms with Crippen molar-refractivity contribution < 1.29 is 14.3 Å². The summed E-state index contributed by atoms with van der Waals surface area (Å²) in [5.74, 6) is 1.23. The molecule has 1 aromatic carbocycles. The zero-order valence-corrected chi connectivity index (χ0v) is 15.0. The quantitative estimate of drug-likeness (QED) is 0.913. The van der Waals surface area contributed by atoms with E-state index >= 15 is 0 Å². The van der Waals surface area contributed by atoms with Crippen molar-refractivity contribution in [2.75, 3.05) is 20.2 Å². The third kappa shape index (κ3) is 4.53. The average molecular weight is 344 g/mol. The van der Waals surface area contributed by atoms with Gasteiger partial charge >= 0.3 is 0 Å². The second kappa shape index (κ2) is 8.37. The van der Waals surface area contributed by atoms with E-state index in [9.17, 15) is 9.59 Å². The topological polar surface area (TPSA) is 58.6 Å². The maximum Gasteiger partial charge on any atom is 0.253 e. The van der Waals surface area contributed by atoms with Gasteiger partial charge in [0.2, 0.25) is 5.91 Å². The first-order chi connectivity index (χ1) is 12.2. The molecule has 5 nitrogen and oxygen atoms in total. The third-order valence-electron chi connectivity index (χ3n) is 5.44. The number of piperidine rings is 1. The lowest BCUT2D eigenvalue weighted by atomic mass is 9.88. The van der Waals surface area contributed by atoms with Gasteiger partial charge in [-0.15, -0.1) is 0 Å². The largest absolute Gasteiger partial charge is 0.497 e. The zero-order valence-electron chi connectivity index (χ0n) is 15.0. The van der Waals surface area contributed by atoms with Crippen LogP contribution in [0.2, 0.25) is 0 Å². The number of nitrogens with zero attached hydrogens (tertiary/aromatic N) is 1. The fourth-order valence-electron chi connectivity index (χ4n) is 3.83. The van der Waals surface area contributed by atoms with E-state index in [2.05, 4.69) is 5.32 Å². The van der Waals surface area contributed by atoms with Gasteiger partial charge in [0.25, 0.3) is 5.91 Å². The van der Waals surface area contributed by atoms with Gasteiger partial charge in [-0.05, 0) is 49.9 Å². The van der Waals surface area contributed by atoms with Crippen LogP contribution >= 0.6 is 0 Å². The normalized spacial score (nSPS) is 19.5. The van der Waals surface area contributed by atoms with Crippen molar-refractivity contribution in [3.8, 4) is 5.75 Å². The Morgan fingerprint density at radius 3 is 2.24 bits per heavy atom. The van der Waals surface area contributed by atoms with Crippen molar-refractivity contribution in [2.45, 2.75) is 51.0 Å². The zero-order chi connectivity index (χ0) is 17.6. The molecule has 136 valence electrons. The Balaban J connectivity index is 1.47. The second-order valence-electron chi connectivity index (χ2n) is 7.14. The van der Waals surface area contributed by atoms with E-state index in [4.69, 9.17) is 4.74 Å². The number of hydrogen-bond donors (Lipinski definition) is 1. The highest BCUT2D eigenvalue weighted by molar-refractivity contribution is 5.94. The molecule has 5 heteroatoms. The van der Waals surface area contributed by atoms with Gasteiger partial charge in [-0.2, -0.15) is 0 Å². The van der Waals surface area contributed by atoms with E-state index < -0.39 is 0 Å². The molecule has 25 heavy (non-hydrogen) atoms. The van der Waals surface area contributed by atoms with Crippen LogP contribution in [0.25, 0.3) is 0 Å². The number of methoxy groups -OCH3 is 1. The van der Waals surface area contributed by atoms with Crippen molar-refractivity contribution >= 4 is 11.8 Å². The lowest BCUT2D eigenvalue weighted by Crippen LogP contribution is -2.48. The molecule has 2 aliphatic rings. The van der Waals surface area contributed by atoms with E-state index in [1.165, 1.54) is 19.3 Å². The van der Waals surface area contributed by atoms with Gasteiger partial charge < -0.3 is 15.0 Å². The predicted molar refractivity (Wildman–Crippen MR) is 96.6 cm³/mol. The Morgan fingerprint density at radius 1 is 1.00 bits per heavy atom. The van der Waals surface area contributed by atoms with E-state index in [0.717, 1.165) is 31.4 Å². The molecule has 0 atom stereocenters. The minimum absolute atomic E-state index is 0.0553. The summed E-state index contributed by atoms with van der Waals surface area (Å²) in [4.78, 5) is 26.8. The first kappa shape index (κ1) is 17.8. The molecular formula is C20H28N2O3.